The molecular formula is C30H38O10. The number of fused-ring (bicyclic) bond motifs is 5. The van der Waals surface area contributed by atoms with E-state index in [-0.39, 0.29) is 25.0 Å². The Balaban J connectivity index is 1.83. The molecule has 9 atom stereocenters. The number of hydrogen-bond donors (Lipinski definition) is 3. The molecule has 2 bridgehead atoms. The molecule has 3 aliphatic carbocycles. The Bertz CT molecular complexity index is 1260. The second-order valence-corrected chi connectivity index (χ2v) is 12.4. The summed E-state index contributed by atoms with van der Waals surface area (Å²) in [5.74, 6) is -3.20. The zero-order valence-electron chi connectivity index (χ0n) is 23.7. The second kappa shape index (κ2) is 9.46. The third-order valence-electron chi connectivity index (χ3n) is 10.2. The smallest absolute Gasteiger partial charge is 0.338 e. The number of ether oxygens (including phenoxy) is 4. The van der Waals surface area contributed by atoms with Crippen molar-refractivity contribution in [3.8, 4) is 0 Å². The molecule has 1 aliphatic heterocycles. The predicted molar refractivity (Wildman–Crippen MR) is 140 cm³/mol. The van der Waals surface area contributed by atoms with E-state index in [1.165, 1.54) is 14.0 Å². The molecule has 10 nitrogen and oxygen atoms in total. The van der Waals surface area contributed by atoms with Gasteiger partial charge in [-0.3, -0.25) is 9.59 Å². The first-order chi connectivity index (χ1) is 18.7. The fourth-order valence-corrected chi connectivity index (χ4v) is 7.85. The molecule has 40 heavy (non-hydrogen) atoms. The van der Waals surface area contributed by atoms with E-state index in [1.807, 2.05) is 0 Å². The number of aliphatic hydroxyl groups is 3. The average Bonchev–Trinajstić information content (AvgIpc) is 2.89. The molecule has 1 heterocycles. The maximum absolute atomic E-state index is 14.6. The number of hydrogen-bond acceptors (Lipinski definition) is 10. The van der Waals surface area contributed by atoms with E-state index in [0.717, 1.165) is 0 Å². The summed E-state index contributed by atoms with van der Waals surface area (Å²) in [6, 6.07) is 8.19. The fourth-order valence-electron chi connectivity index (χ4n) is 7.85. The zero-order valence-corrected chi connectivity index (χ0v) is 23.7. The molecule has 3 fully saturated rings. The van der Waals surface area contributed by atoms with Crippen molar-refractivity contribution in [3.05, 3.63) is 47.0 Å². The lowest BCUT2D eigenvalue weighted by Crippen LogP contribution is -2.81. The minimum Gasteiger partial charge on any atom is -0.455 e. The lowest BCUT2D eigenvalue weighted by Gasteiger charge is -2.67. The van der Waals surface area contributed by atoms with Gasteiger partial charge < -0.3 is 34.3 Å². The van der Waals surface area contributed by atoms with Gasteiger partial charge in [0, 0.05) is 32.3 Å². The largest absolute Gasteiger partial charge is 0.455 e. The molecular weight excluding hydrogens is 520 g/mol. The van der Waals surface area contributed by atoms with Crippen LogP contribution in [0.4, 0.5) is 0 Å². The number of carbonyl (C=O) groups excluding carboxylic acids is 3. The molecule has 10 heteroatoms. The number of esters is 2. The van der Waals surface area contributed by atoms with Gasteiger partial charge >= 0.3 is 11.9 Å². The molecule has 4 aliphatic rings. The van der Waals surface area contributed by atoms with E-state index in [2.05, 4.69) is 0 Å². The Hall–Kier alpha value is -2.63. The quantitative estimate of drug-likeness (QED) is 0.369. The van der Waals surface area contributed by atoms with Crippen LogP contribution in [0, 0.1) is 16.7 Å². The number of aliphatic hydroxyl groups excluding tert-OH is 2. The summed E-state index contributed by atoms with van der Waals surface area (Å²) in [6.07, 6.45) is -6.33. The summed E-state index contributed by atoms with van der Waals surface area (Å²) >= 11 is 0. The first kappa shape index (κ1) is 28.9. The van der Waals surface area contributed by atoms with Crippen LogP contribution in [0.5, 0.6) is 0 Å². The van der Waals surface area contributed by atoms with Crippen LogP contribution in [-0.4, -0.2) is 88.5 Å². The maximum atomic E-state index is 14.6. The summed E-state index contributed by atoms with van der Waals surface area (Å²) in [4.78, 5) is 40.8. The summed E-state index contributed by atoms with van der Waals surface area (Å²) in [5, 5.41) is 35.6. The van der Waals surface area contributed by atoms with Gasteiger partial charge in [-0.2, -0.15) is 0 Å². The highest BCUT2D eigenvalue weighted by molar-refractivity contribution is 5.94. The predicted octanol–water partition coefficient (Wildman–Crippen LogP) is 1.74. The molecule has 0 spiro atoms. The normalized spacial score (nSPS) is 42.0. The Kier molecular flexibility index (Phi) is 6.83. The van der Waals surface area contributed by atoms with Crippen molar-refractivity contribution in [2.75, 3.05) is 13.7 Å². The third kappa shape index (κ3) is 3.69. The van der Waals surface area contributed by atoms with E-state index >= 15 is 0 Å². The van der Waals surface area contributed by atoms with Crippen molar-refractivity contribution < 1.29 is 48.7 Å². The highest BCUT2D eigenvalue weighted by atomic mass is 16.6. The number of carbonyl (C=O) groups is 3. The lowest BCUT2D eigenvalue weighted by atomic mass is 9.44. The summed E-state index contributed by atoms with van der Waals surface area (Å²) in [5.41, 5.74) is -5.43. The number of methoxy groups -OCH3 is 1. The van der Waals surface area contributed by atoms with Gasteiger partial charge in [0.2, 0.25) is 0 Å². The summed E-state index contributed by atoms with van der Waals surface area (Å²) in [6.45, 7) is 7.76. The number of rotatable bonds is 4. The molecule has 1 aromatic carbocycles. The number of Topliss-reactive ketones (excluding diaryl/α,β-unsaturated/α-hetero) is 1. The average molecular weight is 559 g/mol. The van der Waals surface area contributed by atoms with Gasteiger partial charge in [-0.15, -0.1) is 0 Å². The monoisotopic (exact) mass is 558 g/mol. The van der Waals surface area contributed by atoms with Crippen LogP contribution < -0.4 is 0 Å². The minimum atomic E-state index is -1.99. The molecule has 0 amide bonds. The lowest BCUT2D eigenvalue weighted by molar-refractivity contribution is -0.346. The molecule has 2 saturated carbocycles. The highest BCUT2D eigenvalue weighted by Crippen LogP contribution is 2.64. The van der Waals surface area contributed by atoms with Gasteiger partial charge in [-0.1, -0.05) is 32.0 Å². The van der Waals surface area contributed by atoms with Crippen molar-refractivity contribution in [2.24, 2.45) is 16.7 Å². The third-order valence-corrected chi connectivity index (χ3v) is 10.2. The van der Waals surface area contributed by atoms with Crippen molar-refractivity contribution in [3.63, 3.8) is 0 Å². The van der Waals surface area contributed by atoms with E-state index in [1.54, 1.807) is 58.0 Å². The van der Waals surface area contributed by atoms with Gasteiger partial charge in [-0.25, -0.2) is 4.79 Å². The van der Waals surface area contributed by atoms with E-state index < -0.39 is 76.2 Å². The van der Waals surface area contributed by atoms with Gasteiger partial charge in [0.25, 0.3) is 0 Å². The van der Waals surface area contributed by atoms with Crippen molar-refractivity contribution in [1.82, 2.24) is 0 Å². The molecule has 0 radical (unpaired) electrons. The van der Waals surface area contributed by atoms with Gasteiger partial charge in [0.05, 0.1) is 35.7 Å². The van der Waals surface area contributed by atoms with Crippen LogP contribution in [0.25, 0.3) is 0 Å². The minimum absolute atomic E-state index is 0.0235. The zero-order chi connectivity index (χ0) is 29.4. The van der Waals surface area contributed by atoms with Gasteiger partial charge in [0.1, 0.15) is 23.9 Å². The van der Waals surface area contributed by atoms with Crippen molar-refractivity contribution in [2.45, 2.75) is 89.2 Å². The first-order valence-electron chi connectivity index (χ1n) is 13.6. The Morgan fingerprint density at radius 3 is 2.30 bits per heavy atom. The topological polar surface area (TPSA) is 149 Å². The van der Waals surface area contributed by atoms with Crippen molar-refractivity contribution in [1.29, 1.82) is 0 Å². The van der Waals surface area contributed by atoms with Crippen LogP contribution in [0.3, 0.4) is 0 Å². The van der Waals surface area contributed by atoms with Gasteiger partial charge in [-0.05, 0) is 37.1 Å². The van der Waals surface area contributed by atoms with E-state index in [0.29, 0.717) is 11.1 Å². The fraction of sp³-hybridized carbons (Fsp3) is 0.633. The molecule has 3 N–H and O–H groups in total. The van der Waals surface area contributed by atoms with E-state index in [9.17, 15) is 29.7 Å². The van der Waals surface area contributed by atoms with Gasteiger partial charge in [0.15, 0.2) is 11.4 Å². The molecule has 1 saturated heterocycles. The number of ketones is 1. The highest BCUT2D eigenvalue weighted by Gasteiger charge is 2.77. The standard InChI is InChI=1S/C30H38O10/c1-15-18(32)13-30(36)25(39-26(35)17-10-8-7-9-11-17)23-28(5,24(34)22(37-6)21(15)27(30,3)4)19(33)12-20-29(23,14-38-20)40-16(2)31/h7-11,18-20,22-23,25,32-33,36H,12-14H2,1-6H3/t18-,19-,20+,22+,23-,25-,28+,29-,30?/m0/s1. The van der Waals surface area contributed by atoms with Crippen LogP contribution in [0.1, 0.15) is 57.8 Å². The maximum Gasteiger partial charge on any atom is 0.338 e. The van der Waals surface area contributed by atoms with E-state index in [4.69, 9.17) is 18.9 Å². The summed E-state index contributed by atoms with van der Waals surface area (Å²) in [7, 11) is 1.36. The Morgan fingerprint density at radius 2 is 1.75 bits per heavy atom. The first-order valence-corrected chi connectivity index (χ1v) is 13.6. The van der Waals surface area contributed by atoms with Crippen LogP contribution >= 0.6 is 0 Å². The SMILES string of the molecule is CO[C@H]1C(=O)[C@@]2(C)[C@H]([C@H](OC(=O)c3ccccc3)C3(O)C[C@H](O)C(C)=C1C3(C)C)[C@]1(OC(C)=O)CO[C@@H]1C[C@@H]2O. The van der Waals surface area contributed by atoms with Crippen molar-refractivity contribution >= 4 is 17.7 Å². The molecule has 218 valence electrons. The Labute approximate surface area is 233 Å². The molecule has 1 aromatic rings. The molecule has 1 unspecified atom stereocenters. The second-order valence-electron chi connectivity index (χ2n) is 12.4. The molecule has 0 aromatic heterocycles. The van der Waals surface area contributed by atoms with Crippen LogP contribution in [-0.2, 0) is 28.5 Å². The Morgan fingerprint density at radius 1 is 1.10 bits per heavy atom. The summed E-state index contributed by atoms with van der Waals surface area (Å²) < 4.78 is 23.7. The van der Waals surface area contributed by atoms with Crippen LogP contribution in [0.2, 0.25) is 0 Å². The van der Waals surface area contributed by atoms with Crippen LogP contribution in [0.15, 0.2) is 41.5 Å². The number of benzene rings is 1. The molecule has 5 rings (SSSR count).